The number of rotatable bonds is 6. The summed E-state index contributed by atoms with van der Waals surface area (Å²) in [5.74, 6) is 0.578. The summed E-state index contributed by atoms with van der Waals surface area (Å²) in [4.78, 5) is 16.9. The van der Waals surface area contributed by atoms with Crippen LogP contribution in [0.2, 0.25) is 0 Å². The SMILES string of the molecule is CCc1cccc(C)c1NC(=O)c1cncc(Nc2cccc(OC)c2)c1. The number of nitrogens with one attached hydrogen (secondary N) is 2. The predicted molar refractivity (Wildman–Crippen MR) is 109 cm³/mol. The first kappa shape index (κ1) is 18.5. The van der Waals surface area contributed by atoms with Crippen LogP contribution in [0.1, 0.15) is 28.4 Å². The molecule has 2 aromatic carbocycles. The van der Waals surface area contributed by atoms with E-state index in [1.807, 2.05) is 49.4 Å². The van der Waals surface area contributed by atoms with Crippen LogP contribution in [0.3, 0.4) is 0 Å². The summed E-state index contributed by atoms with van der Waals surface area (Å²) in [5.41, 5.74) is 5.12. The molecule has 3 aromatic rings. The van der Waals surface area contributed by atoms with Crippen molar-refractivity contribution in [3.63, 3.8) is 0 Å². The molecule has 0 radical (unpaired) electrons. The van der Waals surface area contributed by atoms with E-state index >= 15 is 0 Å². The van der Waals surface area contributed by atoms with Crippen LogP contribution < -0.4 is 15.4 Å². The average molecular weight is 361 g/mol. The van der Waals surface area contributed by atoms with Gasteiger partial charge < -0.3 is 15.4 Å². The Morgan fingerprint density at radius 2 is 1.89 bits per heavy atom. The van der Waals surface area contributed by atoms with Gasteiger partial charge in [-0.1, -0.05) is 31.2 Å². The molecular formula is C22H23N3O2. The van der Waals surface area contributed by atoms with E-state index < -0.39 is 0 Å². The molecule has 5 nitrogen and oxygen atoms in total. The quantitative estimate of drug-likeness (QED) is 0.651. The highest BCUT2D eigenvalue weighted by Crippen LogP contribution is 2.24. The highest BCUT2D eigenvalue weighted by Gasteiger charge is 2.12. The minimum atomic E-state index is -0.180. The van der Waals surface area contributed by atoms with Crippen LogP contribution in [0.4, 0.5) is 17.1 Å². The fourth-order valence-electron chi connectivity index (χ4n) is 2.89. The number of hydrogen-bond donors (Lipinski definition) is 2. The Bertz CT molecular complexity index is 954. The third kappa shape index (κ3) is 4.44. The van der Waals surface area contributed by atoms with Gasteiger partial charge in [0.15, 0.2) is 0 Å². The molecule has 2 N–H and O–H groups in total. The van der Waals surface area contributed by atoms with Gasteiger partial charge in [-0.2, -0.15) is 0 Å². The molecule has 0 spiro atoms. The number of carbonyl (C=O) groups is 1. The Kier molecular flexibility index (Phi) is 5.71. The number of para-hydroxylation sites is 1. The number of amides is 1. The second kappa shape index (κ2) is 8.36. The molecule has 1 amide bonds. The lowest BCUT2D eigenvalue weighted by Crippen LogP contribution is -2.14. The van der Waals surface area contributed by atoms with Crippen LogP contribution in [0.15, 0.2) is 60.9 Å². The molecule has 0 fully saturated rings. The fourth-order valence-corrected chi connectivity index (χ4v) is 2.89. The average Bonchev–Trinajstić information content (AvgIpc) is 2.69. The molecule has 138 valence electrons. The number of aryl methyl sites for hydroxylation is 2. The Hall–Kier alpha value is -3.34. The number of carbonyl (C=O) groups excluding carboxylic acids is 1. The normalized spacial score (nSPS) is 10.3. The maximum atomic E-state index is 12.7. The van der Waals surface area contributed by atoms with Crippen LogP contribution in [0.5, 0.6) is 5.75 Å². The van der Waals surface area contributed by atoms with E-state index in [0.717, 1.165) is 40.4 Å². The Labute approximate surface area is 159 Å². The van der Waals surface area contributed by atoms with Gasteiger partial charge >= 0.3 is 0 Å². The van der Waals surface area contributed by atoms with Crippen molar-refractivity contribution in [3.8, 4) is 5.75 Å². The molecule has 0 aliphatic carbocycles. The lowest BCUT2D eigenvalue weighted by atomic mass is 10.1. The lowest BCUT2D eigenvalue weighted by molar-refractivity contribution is 0.102. The summed E-state index contributed by atoms with van der Waals surface area (Å²) in [6.07, 6.45) is 4.10. The van der Waals surface area contributed by atoms with E-state index in [4.69, 9.17) is 4.74 Å². The second-order valence-corrected chi connectivity index (χ2v) is 6.24. The van der Waals surface area contributed by atoms with Gasteiger partial charge in [0.05, 0.1) is 24.6 Å². The summed E-state index contributed by atoms with van der Waals surface area (Å²) in [7, 11) is 1.63. The minimum absolute atomic E-state index is 0.180. The predicted octanol–water partition coefficient (Wildman–Crippen LogP) is 4.96. The first-order valence-corrected chi connectivity index (χ1v) is 8.86. The van der Waals surface area contributed by atoms with E-state index in [1.54, 1.807) is 25.6 Å². The Balaban J connectivity index is 1.80. The topological polar surface area (TPSA) is 63.2 Å². The smallest absolute Gasteiger partial charge is 0.257 e. The standard InChI is InChI=1S/C22H23N3O2/c1-4-16-8-5-7-15(2)21(16)25-22(26)17-11-19(14-23-13-17)24-18-9-6-10-20(12-18)27-3/h5-14,24H,4H2,1-3H3,(H,25,26). The van der Waals surface area contributed by atoms with Crippen LogP contribution in [-0.2, 0) is 6.42 Å². The molecule has 0 aliphatic rings. The molecule has 0 bridgehead atoms. The molecule has 1 aromatic heterocycles. The lowest BCUT2D eigenvalue weighted by Gasteiger charge is -2.13. The number of ether oxygens (including phenoxy) is 1. The van der Waals surface area contributed by atoms with Gasteiger partial charge in [0, 0.05) is 23.6 Å². The molecule has 0 unspecified atom stereocenters. The van der Waals surface area contributed by atoms with Crippen molar-refractivity contribution >= 4 is 23.0 Å². The summed E-state index contributed by atoms with van der Waals surface area (Å²) >= 11 is 0. The van der Waals surface area contributed by atoms with Gasteiger partial charge in [0.25, 0.3) is 5.91 Å². The summed E-state index contributed by atoms with van der Waals surface area (Å²) in [6, 6.07) is 15.4. The third-order valence-electron chi connectivity index (χ3n) is 4.34. The Morgan fingerprint density at radius 3 is 2.67 bits per heavy atom. The van der Waals surface area contributed by atoms with Crippen molar-refractivity contribution in [2.24, 2.45) is 0 Å². The minimum Gasteiger partial charge on any atom is -0.497 e. The highest BCUT2D eigenvalue weighted by molar-refractivity contribution is 6.05. The number of nitrogens with zero attached hydrogens (tertiary/aromatic N) is 1. The number of anilines is 3. The maximum Gasteiger partial charge on any atom is 0.257 e. The van der Waals surface area contributed by atoms with Gasteiger partial charge in [0.2, 0.25) is 0 Å². The summed E-state index contributed by atoms with van der Waals surface area (Å²) in [6.45, 7) is 4.07. The molecule has 0 atom stereocenters. The summed E-state index contributed by atoms with van der Waals surface area (Å²) < 4.78 is 5.23. The monoisotopic (exact) mass is 361 g/mol. The number of methoxy groups -OCH3 is 1. The highest BCUT2D eigenvalue weighted by atomic mass is 16.5. The van der Waals surface area contributed by atoms with E-state index in [2.05, 4.69) is 22.5 Å². The van der Waals surface area contributed by atoms with Crippen LogP contribution in [0, 0.1) is 6.92 Å². The second-order valence-electron chi connectivity index (χ2n) is 6.24. The van der Waals surface area contributed by atoms with Crippen LogP contribution >= 0.6 is 0 Å². The largest absolute Gasteiger partial charge is 0.497 e. The van der Waals surface area contributed by atoms with Gasteiger partial charge in [-0.05, 0) is 42.7 Å². The Morgan fingerprint density at radius 1 is 1.07 bits per heavy atom. The first-order valence-electron chi connectivity index (χ1n) is 8.86. The van der Waals surface area contributed by atoms with E-state index in [0.29, 0.717) is 5.56 Å². The van der Waals surface area contributed by atoms with Crippen molar-refractivity contribution in [1.29, 1.82) is 0 Å². The van der Waals surface area contributed by atoms with Gasteiger partial charge in [-0.15, -0.1) is 0 Å². The van der Waals surface area contributed by atoms with Gasteiger partial charge in [-0.25, -0.2) is 0 Å². The molecule has 5 heteroatoms. The van der Waals surface area contributed by atoms with Crippen LogP contribution in [0.25, 0.3) is 0 Å². The molecule has 3 rings (SSSR count). The molecule has 1 heterocycles. The maximum absolute atomic E-state index is 12.7. The van der Waals surface area contributed by atoms with Crippen molar-refractivity contribution in [2.45, 2.75) is 20.3 Å². The first-order chi connectivity index (χ1) is 13.1. The fraction of sp³-hybridized carbons (Fsp3) is 0.182. The number of benzene rings is 2. The molecule has 0 saturated heterocycles. The molecule has 0 saturated carbocycles. The number of pyridine rings is 1. The van der Waals surface area contributed by atoms with Gasteiger partial charge in [-0.3, -0.25) is 9.78 Å². The number of aromatic nitrogens is 1. The van der Waals surface area contributed by atoms with Gasteiger partial charge in [0.1, 0.15) is 5.75 Å². The summed E-state index contributed by atoms with van der Waals surface area (Å²) in [5, 5.41) is 6.28. The van der Waals surface area contributed by atoms with Crippen molar-refractivity contribution in [1.82, 2.24) is 4.98 Å². The van der Waals surface area contributed by atoms with Crippen LogP contribution in [-0.4, -0.2) is 18.0 Å². The van der Waals surface area contributed by atoms with Crippen molar-refractivity contribution in [2.75, 3.05) is 17.7 Å². The zero-order valence-electron chi connectivity index (χ0n) is 15.7. The van der Waals surface area contributed by atoms with E-state index in [1.165, 1.54) is 0 Å². The van der Waals surface area contributed by atoms with E-state index in [-0.39, 0.29) is 5.91 Å². The van der Waals surface area contributed by atoms with Crippen molar-refractivity contribution < 1.29 is 9.53 Å². The third-order valence-corrected chi connectivity index (χ3v) is 4.34. The molecule has 0 aliphatic heterocycles. The number of hydrogen-bond acceptors (Lipinski definition) is 4. The van der Waals surface area contributed by atoms with Crippen molar-refractivity contribution in [3.05, 3.63) is 77.6 Å². The molecule has 27 heavy (non-hydrogen) atoms. The zero-order valence-corrected chi connectivity index (χ0v) is 15.7. The zero-order chi connectivity index (χ0) is 19.2. The van der Waals surface area contributed by atoms with E-state index in [9.17, 15) is 4.79 Å². The molecular weight excluding hydrogens is 338 g/mol.